The van der Waals surface area contributed by atoms with E-state index >= 15 is 0 Å². The molecule has 1 aromatic rings. The van der Waals surface area contributed by atoms with Gasteiger partial charge in [-0.2, -0.15) is 0 Å². The van der Waals surface area contributed by atoms with Gasteiger partial charge in [0.15, 0.2) is 0 Å². The molecule has 0 amide bonds. The number of hydrogen-bond donors (Lipinski definition) is 1. The van der Waals surface area contributed by atoms with Gasteiger partial charge in [-0.05, 0) is 48.9 Å². The molecule has 0 atom stereocenters. The van der Waals surface area contributed by atoms with Crippen LogP contribution in [0.2, 0.25) is 0 Å². The third kappa shape index (κ3) is 3.58. The van der Waals surface area contributed by atoms with Crippen molar-refractivity contribution in [3.63, 3.8) is 0 Å². The Kier molecular flexibility index (Phi) is 6.34. The van der Waals surface area contributed by atoms with Gasteiger partial charge in [0.1, 0.15) is 5.75 Å². The van der Waals surface area contributed by atoms with E-state index in [0.29, 0.717) is 11.5 Å². The Labute approximate surface area is 150 Å². The SMILES string of the molecule is Cc1cc(O)c(C2CCCCC2)cc1C(=O)[O-].[K+]. The second kappa shape index (κ2) is 7.05. The first-order chi connectivity index (χ1) is 8.09. The van der Waals surface area contributed by atoms with Crippen molar-refractivity contribution in [3.05, 3.63) is 28.8 Å². The molecule has 0 radical (unpaired) electrons. The van der Waals surface area contributed by atoms with Crippen LogP contribution >= 0.6 is 0 Å². The maximum atomic E-state index is 11.0. The van der Waals surface area contributed by atoms with E-state index in [-0.39, 0.29) is 62.7 Å². The van der Waals surface area contributed by atoms with Gasteiger partial charge < -0.3 is 15.0 Å². The van der Waals surface area contributed by atoms with Crippen molar-refractivity contribution in [2.24, 2.45) is 0 Å². The molecule has 0 spiro atoms. The number of aromatic hydroxyl groups is 1. The van der Waals surface area contributed by atoms with Crippen LogP contribution in [0.5, 0.6) is 5.75 Å². The molecule has 4 heteroatoms. The third-order valence-corrected chi connectivity index (χ3v) is 3.64. The van der Waals surface area contributed by atoms with Crippen molar-refractivity contribution in [1.82, 2.24) is 0 Å². The largest absolute Gasteiger partial charge is 1.00 e. The maximum absolute atomic E-state index is 11.0. The molecule has 0 unspecified atom stereocenters. The van der Waals surface area contributed by atoms with Gasteiger partial charge in [-0.3, -0.25) is 0 Å². The molecule has 3 nitrogen and oxygen atoms in total. The first-order valence-corrected chi connectivity index (χ1v) is 6.14. The van der Waals surface area contributed by atoms with Crippen molar-refractivity contribution in [1.29, 1.82) is 0 Å². The minimum atomic E-state index is -1.17. The van der Waals surface area contributed by atoms with Gasteiger partial charge in [-0.25, -0.2) is 0 Å². The number of hydrogen-bond acceptors (Lipinski definition) is 3. The fourth-order valence-corrected chi connectivity index (χ4v) is 2.67. The average Bonchev–Trinajstić information content (AvgIpc) is 2.29. The number of carbonyl (C=O) groups is 1. The Balaban J connectivity index is 0.00000162. The third-order valence-electron chi connectivity index (χ3n) is 3.64. The van der Waals surface area contributed by atoms with E-state index in [4.69, 9.17) is 0 Å². The van der Waals surface area contributed by atoms with E-state index < -0.39 is 5.97 Å². The van der Waals surface area contributed by atoms with Crippen LogP contribution in [-0.4, -0.2) is 11.1 Å². The molecule has 0 heterocycles. The number of carbonyl (C=O) groups excluding carboxylic acids is 1. The maximum Gasteiger partial charge on any atom is 1.00 e. The normalized spacial score (nSPS) is 16.1. The molecule has 1 aliphatic rings. The van der Waals surface area contributed by atoms with Crippen LogP contribution in [0.15, 0.2) is 12.1 Å². The van der Waals surface area contributed by atoms with Crippen LogP contribution in [0, 0.1) is 6.92 Å². The van der Waals surface area contributed by atoms with Crippen molar-refractivity contribution >= 4 is 5.97 Å². The number of phenols is 1. The summed E-state index contributed by atoms with van der Waals surface area (Å²) in [4.78, 5) is 11.0. The molecule has 0 aromatic heterocycles. The molecule has 1 fully saturated rings. The Morgan fingerprint density at radius 3 is 2.44 bits per heavy atom. The summed E-state index contributed by atoms with van der Waals surface area (Å²) in [5.74, 6) is -0.651. The number of rotatable bonds is 2. The summed E-state index contributed by atoms with van der Waals surface area (Å²) in [6, 6.07) is 3.13. The Morgan fingerprint density at radius 1 is 1.28 bits per heavy atom. The molecule has 2 rings (SSSR count). The molecule has 1 N–H and O–H groups in total. The van der Waals surface area contributed by atoms with Gasteiger partial charge in [0.25, 0.3) is 0 Å². The first-order valence-electron chi connectivity index (χ1n) is 6.14. The zero-order valence-corrected chi connectivity index (χ0v) is 14.2. The number of carboxylic acid groups (broad SMARTS) is 1. The fraction of sp³-hybridized carbons (Fsp3) is 0.500. The van der Waals surface area contributed by atoms with Crippen molar-refractivity contribution in [2.45, 2.75) is 44.9 Å². The second-order valence-electron chi connectivity index (χ2n) is 4.85. The van der Waals surface area contributed by atoms with Crippen LogP contribution in [0.25, 0.3) is 0 Å². The van der Waals surface area contributed by atoms with Crippen LogP contribution < -0.4 is 56.5 Å². The van der Waals surface area contributed by atoms with Gasteiger partial charge in [-0.15, -0.1) is 0 Å². The van der Waals surface area contributed by atoms with Crippen LogP contribution in [0.1, 0.15) is 59.5 Å². The summed E-state index contributed by atoms with van der Waals surface area (Å²) in [7, 11) is 0. The topological polar surface area (TPSA) is 60.4 Å². The summed E-state index contributed by atoms with van der Waals surface area (Å²) in [6.07, 6.45) is 5.60. The van der Waals surface area contributed by atoms with Gasteiger partial charge in [0.2, 0.25) is 0 Å². The van der Waals surface area contributed by atoms with Crippen molar-refractivity contribution in [3.8, 4) is 5.75 Å². The van der Waals surface area contributed by atoms with E-state index in [0.717, 1.165) is 31.2 Å². The van der Waals surface area contributed by atoms with E-state index in [1.165, 1.54) is 12.5 Å². The molecule has 1 aromatic carbocycles. The van der Waals surface area contributed by atoms with Crippen LogP contribution in [0.4, 0.5) is 0 Å². The zero-order valence-electron chi connectivity index (χ0n) is 11.0. The standard InChI is InChI=1S/C14H18O3.K/c1-9-7-13(15)12(8-11(9)14(16)17)10-5-3-2-4-6-10;/h7-8,10,15H,2-6H2,1H3,(H,16,17);/q;+1/p-1. The Bertz CT molecular complexity index is 437. The Morgan fingerprint density at radius 2 is 1.89 bits per heavy atom. The molecule has 18 heavy (non-hydrogen) atoms. The predicted octanol–water partition coefficient (Wildman–Crippen LogP) is -0.884. The number of phenolic OH excluding ortho intramolecular Hbond substituents is 1. The van der Waals surface area contributed by atoms with Crippen molar-refractivity contribution < 1.29 is 66.4 Å². The zero-order chi connectivity index (χ0) is 12.4. The Hall–Kier alpha value is 0.126. The minimum absolute atomic E-state index is 0. The summed E-state index contributed by atoms with van der Waals surface area (Å²) < 4.78 is 0. The molecule has 1 saturated carbocycles. The van der Waals surface area contributed by atoms with Crippen LogP contribution in [0.3, 0.4) is 0 Å². The van der Waals surface area contributed by atoms with Gasteiger partial charge in [0, 0.05) is 5.56 Å². The second-order valence-corrected chi connectivity index (χ2v) is 4.85. The molecule has 0 bridgehead atoms. The molecule has 0 aliphatic heterocycles. The first kappa shape index (κ1) is 16.2. The number of carboxylic acids is 1. The smallest absolute Gasteiger partial charge is 0.545 e. The minimum Gasteiger partial charge on any atom is -0.545 e. The molecule has 0 saturated heterocycles. The van der Waals surface area contributed by atoms with Gasteiger partial charge in [0.05, 0.1) is 5.97 Å². The summed E-state index contributed by atoms with van der Waals surface area (Å²) in [6.45, 7) is 1.68. The van der Waals surface area contributed by atoms with E-state index in [1.807, 2.05) is 0 Å². The fourth-order valence-electron chi connectivity index (χ4n) is 2.67. The number of aryl methyl sites for hydroxylation is 1. The van der Waals surface area contributed by atoms with E-state index in [9.17, 15) is 15.0 Å². The summed E-state index contributed by atoms with van der Waals surface area (Å²) in [5, 5.41) is 20.9. The van der Waals surface area contributed by atoms with E-state index in [1.54, 1.807) is 13.0 Å². The molecular weight excluding hydrogens is 255 g/mol. The quantitative estimate of drug-likeness (QED) is 0.711. The summed E-state index contributed by atoms with van der Waals surface area (Å²) in [5.41, 5.74) is 1.53. The number of benzene rings is 1. The van der Waals surface area contributed by atoms with Crippen LogP contribution in [-0.2, 0) is 0 Å². The molecule has 92 valence electrons. The number of aromatic carboxylic acids is 1. The summed E-state index contributed by atoms with van der Waals surface area (Å²) >= 11 is 0. The molecule has 1 aliphatic carbocycles. The van der Waals surface area contributed by atoms with E-state index in [2.05, 4.69) is 0 Å². The molecular formula is C14H17KO3. The van der Waals surface area contributed by atoms with Gasteiger partial charge >= 0.3 is 51.4 Å². The average molecular weight is 272 g/mol. The van der Waals surface area contributed by atoms with Gasteiger partial charge in [-0.1, -0.05) is 19.3 Å². The monoisotopic (exact) mass is 272 g/mol. The predicted molar refractivity (Wildman–Crippen MR) is 63.0 cm³/mol. The van der Waals surface area contributed by atoms with Crippen molar-refractivity contribution in [2.75, 3.05) is 0 Å².